The lowest BCUT2D eigenvalue weighted by atomic mass is 10.1. The van der Waals surface area contributed by atoms with Crippen molar-refractivity contribution in [1.82, 2.24) is 4.90 Å². The van der Waals surface area contributed by atoms with Gasteiger partial charge in [-0.25, -0.2) is 0 Å². The van der Waals surface area contributed by atoms with Crippen LogP contribution in [-0.4, -0.2) is 24.5 Å². The van der Waals surface area contributed by atoms with Crippen molar-refractivity contribution in [2.24, 2.45) is 5.73 Å². The van der Waals surface area contributed by atoms with Crippen LogP contribution in [0.3, 0.4) is 0 Å². The van der Waals surface area contributed by atoms with Crippen LogP contribution in [0.4, 0.5) is 0 Å². The lowest BCUT2D eigenvalue weighted by Crippen LogP contribution is -2.28. The molecule has 2 nitrogen and oxygen atoms in total. The van der Waals surface area contributed by atoms with Crippen molar-refractivity contribution in [2.45, 2.75) is 13.5 Å². The number of likely N-dealkylation sites (N-methyl/N-ethyl adjacent to an activating group) is 1. The number of hydrogen-bond acceptors (Lipinski definition) is 2. The van der Waals surface area contributed by atoms with Gasteiger partial charge in [-0.3, -0.25) is 4.90 Å². The van der Waals surface area contributed by atoms with E-state index in [0.717, 1.165) is 26.2 Å². The van der Waals surface area contributed by atoms with Gasteiger partial charge in [0.2, 0.25) is 0 Å². The van der Waals surface area contributed by atoms with E-state index in [2.05, 4.69) is 54.3 Å². The molecule has 0 atom stereocenters. The van der Waals surface area contributed by atoms with E-state index in [4.69, 9.17) is 5.73 Å². The van der Waals surface area contributed by atoms with Gasteiger partial charge in [0.1, 0.15) is 0 Å². The number of hydrogen-bond donors (Lipinski definition) is 1. The van der Waals surface area contributed by atoms with Crippen molar-refractivity contribution in [1.29, 1.82) is 0 Å². The zero-order chi connectivity index (χ0) is 12.1. The highest BCUT2D eigenvalue weighted by molar-refractivity contribution is 5.82. The summed E-state index contributed by atoms with van der Waals surface area (Å²) in [5.74, 6) is 0. The molecule has 0 radical (unpaired) electrons. The number of fused-ring (bicyclic) bond motifs is 1. The monoisotopic (exact) mass is 228 g/mol. The van der Waals surface area contributed by atoms with Crippen molar-refractivity contribution in [3.63, 3.8) is 0 Å². The maximum Gasteiger partial charge on any atom is 0.0234 e. The van der Waals surface area contributed by atoms with Crippen LogP contribution in [0.25, 0.3) is 10.8 Å². The average Bonchev–Trinajstić information content (AvgIpc) is 2.38. The van der Waals surface area contributed by atoms with E-state index < -0.39 is 0 Å². The van der Waals surface area contributed by atoms with Crippen molar-refractivity contribution in [3.8, 4) is 0 Å². The topological polar surface area (TPSA) is 29.3 Å². The summed E-state index contributed by atoms with van der Waals surface area (Å²) < 4.78 is 0. The Morgan fingerprint density at radius 3 is 2.53 bits per heavy atom. The van der Waals surface area contributed by atoms with Crippen LogP contribution in [0, 0.1) is 0 Å². The van der Waals surface area contributed by atoms with Crippen LogP contribution in [0.2, 0.25) is 0 Å². The Balaban J connectivity index is 2.18. The standard InChI is InChI=1S/C15H20N2/c1-2-17(10-9-16)12-13-7-8-14-5-3-4-6-15(14)11-13/h3-8,11H,2,9-10,12,16H2,1H3. The molecule has 0 aliphatic carbocycles. The number of benzene rings is 2. The Hall–Kier alpha value is -1.38. The van der Waals surface area contributed by atoms with Gasteiger partial charge in [0.25, 0.3) is 0 Å². The normalized spacial score (nSPS) is 11.2. The smallest absolute Gasteiger partial charge is 0.0234 e. The van der Waals surface area contributed by atoms with Crippen molar-refractivity contribution < 1.29 is 0 Å². The Bertz CT molecular complexity index is 479. The Labute approximate surface area is 103 Å². The van der Waals surface area contributed by atoms with Gasteiger partial charge < -0.3 is 5.73 Å². The molecule has 2 N–H and O–H groups in total. The fourth-order valence-corrected chi connectivity index (χ4v) is 2.13. The highest BCUT2D eigenvalue weighted by atomic mass is 15.1. The van der Waals surface area contributed by atoms with E-state index in [1.807, 2.05) is 0 Å². The SMILES string of the molecule is CCN(CCN)Cc1ccc2ccccc2c1. The Morgan fingerprint density at radius 2 is 1.82 bits per heavy atom. The average molecular weight is 228 g/mol. The lowest BCUT2D eigenvalue weighted by molar-refractivity contribution is 0.288. The van der Waals surface area contributed by atoms with Gasteiger partial charge >= 0.3 is 0 Å². The molecule has 2 rings (SSSR count). The predicted molar refractivity (Wildman–Crippen MR) is 74.0 cm³/mol. The third-order valence-electron chi connectivity index (χ3n) is 3.11. The van der Waals surface area contributed by atoms with Crippen LogP contribution in [0.15, 0.2) is 42.5 Å². The van der Waals surface area contributed by atoms with Gasteiger partial charge in [-0.05, 0) is 28.9 Å². The van der Waals surface area contributed by atoms with Crippen LogP contribution in [-0.2, 0) is 6.54 Å². The molecule has 0 bridgehead atoms. The minimum absolute atomic E-state index is 0.724. The van der Waals surface area contributed by atoms with E-state index in [-0.39, 0.29) is 0 Å². The summed E-state index contributed by atoms with van der Waals surface area (Å²) in [5.41, 5.74) is 6.97. The molecule has 90 valence electrons. The first kappa shape index (κ1) is 12.1. The highest BCUT2D eigenvalue weighted by Crippen LogP contribution is 2.16. The van der Waals surface area contributed by atoms with Crippen molar-refractivity contribution in [3.05, 3.63) is 48.0 Å². The second-order valence-electron chi connectivity index (χ2n) is 4.34. The molecular weight excluding hydrogens is 208 g/mol. The quantitative estimate of drug-likeness (QED) is 0.852. The molecule has 0 aliphatic rings. The maximum absolute atomic E-state index is 5.61. The molecular formula is C15H20N2. The van der Waals surface area contributed by atoms with Gasteiger partial charge in [-0.15, -0.1) is 0 Å². The van der Waals surface area contributed by atoms with E-state index in [1.54, 1.807) is 0 Å². The predicted octanol–water partition coefficient (Wildman–Crippen LogP) is 2.62. The molecule has 17 heavy (non-hydrogen) atoms. The third-order valence-corrected chi connectivity index (χ3v) is 3.11. The second-order valence-corrected chi connectivity index (χ2v) is 4.34. The molecule has 0 saturated heterocycles. The molecule has 0 fully saturated rings. The van der Waals surface area contributed by atoms with Gasteiger partial charge in [0.05, 0.1) is 0 Å². The summed E-state index contributed by atoms with van der Waals surface area (Å²) >= 11 is 0. The summed E-state index contributed by atoms with van der Waals surface area (Å²) in [7, 11) is 0. The first-order valence-electron chi connectivity index (χ1n) is 6.23. The molecule has 0 unspecified atom stereocenters. The zero-order valence-electron chi connectivity index (χ0n) is 10.4. The molecule has 0 aromatic heterocycles. The number of rotatable bonds is 5. The van der Waals surface area contributed by atoms with Crippen LogP contribution in [0.1, 0.15) is 12.5 Å². The molecule has 0 aliphatic heterocycles. The van der Waals surface area contributed by atoms with Crippen LogP contribution >= 0.6 is 0 Å². The largest absolute Gasteiger partial charge is 0.329 e. The van der Waals surface area contributed by atoms with Gasteiger partial charge in [0, 0.05) is 19.6 Å². The molecule has 0 spiro atoms. The minimum atomic E-state index is 0.724. The summed E-state index contributed by atoms with van der Waals surface area (Å²) in [4.78, 5) is 2.37. The first-order valence-corrected chi connectivity index (χ1v) is 6.23. The lowest BCUT2D eigenvalue weighted by Gasteiger charge is -2.19. The fourth-order valence-electron chi connectivity index (χ4n) is 2.13. The summed E-state index contributed by atoms with van der Waals surface area (Å²) in [6.07, 6.45) is 0. The van der Waals surface area contributed by atoms with Crippen molar-refractivity contribution >= 4 is 10.8 Å². The third kappa shape index (κ3) is 3.05. The first-order chi connectivity index (χ1) is 8.33. The molecule has 2 heteroatoms. The zero-order valence-corrected chi connectivity index (χ0v) is 10.4. The molecule has 0 saturated carbocycles. The number of nitrogens with two attached hydrogens (primary N) is 1. The molecule has 2 aromatic carbocycles. The van der Waals surface area contributed by atoms with Crippen LogP contribution < -0.4 is 5.73 Å². The Kier molecular flexibility index (Phi) is 4.13. The van der Waals surface area contributed by atoms with E-state index >= 15 is 0 Å². The highest BCUT2D eigenvalue weighted by Gasteiger charge is 2.03. The van der Waals surface area contributed by atoms with Gasteiger partial charge in [-0.2, -0.15) is 0 Å². The van der Waals surface area contributed by atoms with Gasteiger partial charge in [-0.1, -0.05) is 43.3 Å². The van der Waals surface area contributed by atoms with Crippen LogP contribution in [0.5, 0.6) is 0 Å². The minimum Gasteiger partial charge on any atom is -0.329 e. The fraction of sp³-hybridized carbons (Fsp3) is 0.333. The van der Waals surface area contributed by atoms with E-state index in [1.165, 1.54) is 16.3 Å². The molecule has 0 heterocycles. The summed E-state index contributed by atoms with van der Waals surface area (Å²) in [6, 6.07) is 15.2. The summed E-state index contributed by atoms with van der Waals surface area (Å²) in [5, 5.41) is 2.62. The van der Waals surface area contributed by atoms with E-state index in [9.17, 15) is 0 Å². The number of nitrogens with zero attached hydrogens (tertiary/aromatic N) is 1. The Morgan fingerprint density at radius 1 is 1.06 bits per heavy atom. The van der Waals surface area contributed by atoms with E-state index in [0.29, 0.717) is 0 Å². The van der Waals surface area contributed by atoms with Gasteiger partial charge in [0.15, 0.2) is 0 Å². The second kappa shape index (κ2) is 5.80. The maximum atomic E-state index is 5.61. The summed E-state index contributed by atoms with van der Waals surface area (Å²) in [6.45, 7) is 5.89. The molecule has 0 amide bonds. The molecule has 2 aromatic rings. The van der Waals surface area contributed by atoms with Crippen molar-refractivity contribution in [2.75, 3.05) is 19.6 Å².